The molecule has 0 saturated heterocycles. The average molecular weight is 244 g/mol. The lowest BCUT2D eigenvalue weighted by Crippen LogP contribution is -2.30. The van der Waals surface area contributed by atoms with Gasteiger partial charge in [-0.25, -0.2) is 0 Å². The summed E-state index contributed by atoms with van der Waals surface area (Å²) in [6.07, 6.45) is -1.58. The summed E-state index contributed by atoms with van der Waals surface area (Å²) in [4.78, 5) is 10.8. The first-order valence-corrected chi connectivity index (χ1v) is 5.24. The van der Waals surface area contributed by atoms with Gasteiger partial charge in [-0.05, 0) is 13.1 Å². The normalized spacial score (nSPS) is 14.5. The lowest BCUT2D eigenvalue weighted by molar-refractivity contribution is 0.0199. The maximum absolute atomic E-state index is 10.8. The molecule has 0 aliphatic heterocycles. The zero-order valence-corrected chi connectivity index (χ0v) is 9.61. The molecule has 0 heterocycles. The van der Waals surface area contributed by atoms with E-state index in [1.807, 2.05) is 0 Å². The van der Waals surface area contributed by atoms with Crippen molar-refractivity contribution in [2.75, 3.05) is 13.6 Å². The maximum Gasteiger partial charge on any atom is 0.150 e. The second-order valence-corrected chi connectivity index (χ2v) is 3.84. The summed E-state index contributed by atoms with van der Waals surface area (Å²) in [6, 6.07) is 4.73. The Labute approximate surface area is 98.9 Å². The highest BCUT2D eigenvalue weighted by Gasteiger charge is 2.22. The number of hydrogen-bond acceptors (Lipinski definition) is 4. The largest absolute Gasteiger partial charge is 0.389 e. The van der Waals surface area contributed by atoms with E-state index in [1.165, 1.54) is 0 Å². The maximum atomic E-state index is 10.8. The highest BCUT2D eigenvalue weighted by Crippen LogP contribution is 2.27. The molecule has 16 heavy (non-hydrogen) atoms. The molecule has 0 saturated carbocycles. The van der Waals surface area contributed by atoms with Crippen molar-refractivity contribution in [1.82, 2.24) is 5.32 Å². The summed E-state index contributed by atoms with van der Waals surface area (Å²) in [5.41, 5.74) is 0.553. The second-order valence-electron chi connectivity index (χ2n) is 3.43. The van der Waals surface area contributed by atoms with Gasteiger partial charge in [-0.15, -0.1) is 0 Å². The number of carbonyl (C=O) groups is 1. The van der Waals surface area contributed by atoms with Crippen molar-refractivity contribution >= 4 is 17.9 Å². The summed E-state index contributed by atoms with van der Waals surface area (Å²) < 4.78 is 0. The van der Waals surface area contributed by atoms with E-state index in [-0.39, 0.29) is 22.7 Å². The van der Waals surface area contributed by atoms with E-state index in [9.17, 15) is 15.0 Å². The van der Waals surface area contributed by atoms with Crippen LogP contribution >= 0.6 is 11.6 Å². The van der Waals surface area contributed by atoms with Crippen molar-refractivity contribution in [3.8, 4) is 0 Å². The number of aliphatic hydroxyl groups excluding tert-OH is 2. The molecule has 0 bridgehead atoms. The third-order valence-corrected chi connectivity index (χ3v) is 2.62. The second kappa shape index (κ2) is 5.96. The van der Waals surface area contributed by atoms with Crippen LogP contribution in [0.3, 0.4) is 0 Å². The molecular formula is C11H14ClNO3. The predicted molar refractivity (Wildman–Crippen MR) is 61.7 cm³/mol. The Balaban J connectivity index is 3.06. The van der Waals surface area contributed by atoms with Crippen LogP contribution in [-0.2, 0) is 0 Å². The van der Waals surface area contributed by atoms with Gasteiger partial charge in [0.2, 0.25) is 0 Å². The smallest absolute Gasteiger partial charge is 0.150 e. The minimum absolute atomic E-state index is 0.213. The molecule has 4 nitrogen and oxygen atoms in total. The standard InChI is InChI=1S/C11H14ClNO3/c1-13-5-9(15)11(16)10-7(6-14)3-2-4-8(10)12/h2-4,6,9,11,13,15-16H,5H2,1H3. The van der Waals surface area contributed by atoms with Gasteiger partial charge in [-0.3, -0.25) is 4.79 Å². The molecular weight excluding hydrogens is 230 g/mol. The van der Waals surface area contributed by atoms with E-state index < -0.39 is 12.2 Å². The number of hydrogen-bond donors (Lipinski definition) is 3. The summed E-state index contributed by atoms with van der Waals surface area (Å²) >= 11 is 5.90. The molecule has 0 aromatic heterocycles. The van der Waals surface area contributed by atoms with Crippen LogP contribution in [0.4, 0.5) is 0 Å². The lowest BCUT2D eigenvalue weighted by atomic mass is 9.99. The van der Waals surface area contributed by atoms with Gasteiger partial charge in [0, 0.05) is 22.7 Å². The molecule has 0 aliphatic rings. The number of aliphatic hydroxyl groups is 2. The van der Waals surface area contributed by atoms with E-state index in [4.69, 9.17) is 11.6 Å². The Bertz CT molecular complexity index is 370. The molecule has 0 aliphatic carbocycles. The van der Waals surface area contributed by atoms with Gasteiger partial charge in [0.15, 0.2) is 0 Å². The molecule has 0 radical (unpaired) electrons. The number of likely N-dealkylation sites (N-methyl/N-ethyl adjacent to an activating group) is 1. The molecule has 2 atom stereocenters. The zero-order chi connectivity index (χ0) is 12.1. The van der Waals surface area contributed by atoms with Crippen LogP contribution in [0.25, 0.3) is 0 Å². The van der Waals surface area contributed by atoms with Gasteiger partial charge in [0.1, 0.15) is 12.4 Å². The van der Waals surface area contributed by atoms with Crippen molar-refractivity contribution in [1.29, 1.82) is 0 Å². The minimum Gasteiger partial charge on any atom is -0.389 e. The summed E-state index contributed by atoms with van der Waals surface area (Å²) in [5, 5.41) is 22.5. The van der Waals surface area contributed by atoms with Crippen LogP contribution in [0, 0.1) is 0 Å². The molecule has 1 aromatic rings. The highest BCUT2D eigenvalue weighted by atomic mass is 35.5. The van der Waals surface area contributed by atoms with Crippen LogP contribution in [0.15, 0.2) is 18.2 Å². The van der Waals surface area contributed by atoms with Gasteiger partial charge in [-0.1, -0.05) is 23.7 Å². The molecule has 0 spiro atoms. The van der Waals surface area contributed by atoms with Gasteiger partial charge in [-0.2, -0.15) is 0 Å². The Kier molecular flexibility index (Phi) is 4.89. The SMILES string of the molecule is CNCC(O)C(O)c1c(Cl)cccc1C=O. The van der Waals surface area contributed by atoms with E-state index in [0.717, 1.165) is 0 Å². The average Bonchev–Trinajstić information content (AvgIpc) is 2.28. The van der Waals surface area contributed by atoms with Crippen LogP contribution in [0.5, 0.6) is 0 Å². The fourth-order valence-electron chi connectivity index (χ4n) is 1.48. The van der Waals surface area contributed by atoms with E-state index in [2.05, 4.69) is 5.32 Å². The van der Waals surface area contributed by atoms with Crippen molar-refractivity contribution in [3.63, 3.8) is 0 Å². The third kappa shape index (κ3) is 2.80. The molecule has 0 fully saturated rings. The van der Waals surface area contributed by atoms with E-state index >= 15 is 0 Å². The number of halogens is 1. The van der Waals surface area contributed by atoms with E-state index in [0.29, 0.717) is 6.29 Å². The predicted octanol–water partition coefficient (Wildman–Crippen LogP) is 0.766. The molecule has 3 N–H and O–H groups in total. The Morgan fingerprint density at radius 1 is 1.50 bits per heavy atom. The number of benzene rings is 1. The first-order valence-electron chi connectivity index (χ1n) is 4.86. The number of nitrogens with one attached hydrogen (secondary N) is 1. The summed E-state index contributed by atoms with van der Waals surface area (Å²) in [5.74, 6) is 0. The van der Waals surface area contributed by atoms with Crippen LogP contribution in [0.2, 0.25) is 5.02 Å². The zero-order valence-electron chi connectivity index (χ0n) is 8.85. The van der Waals surface area contributed by atoms with Crippen LogP contribution < -0.4 is 5.32 Å². The van der Waals surface area contributed by atoms with Crippen molar-refractivity contribution in [2.45, 2.75) is 12.2 Å². The number of carbonyl (C=O) groups excluding carboxylic acids is 1. The summed E-state index contributed by atoms with van der Waals surface area (Å²) in [7, 11) is 1.66. The minimum atomic E-state index is -1.18. The van der Waals surface area contributed by atoms with Gasteiger partial charge in [0.25, 0.3) is 0 Å². The fraction of sp³-hybridized carbons (Fsp3) is 0.364. The number of aldehydes is 1. The van der Waals surface area contributed by atoms with Gasteiger partial charge >= 0.3 is 0 Å². The van der Waals surface area contributed by atoms with Crippen LogP contribution in [-0.4, -0.2) is 36.2 Å². The molecule has 5 heteroatoms. The van der Waals surface area contributed by atoms with Crippen molar-refractivity contribution in [2.24, 2.45) is 0 Å². The lowest BCUT2D eigenvalue weighted by Gasteiger charge is -2.20. The number of rotatable bonds is 5. The van der Waals surface area contributed by atoms with E-state index in [1.54, 1.807) is 25.2 Å². The quantitative estimate of drug-likeness (QED) is 0.668. The Morgan fingerprint density at radius 3 is 2.75 bits per heavy atom. The molecule has 1 rings (SSSR count). The van der Waals surface area contributed by atoms with Gasteiger partial charge < -0.3 is 15.5 Å². The monoisotopic (exact) mass is 243 g/mol. The van der Waals surface area contributed by atoms with Crippen molar-refractivity contribution < 1.29 is 15.0 Å². The molecule has 0 amide bonds. The first-order chi connectivity index (χ1) is 7.61. The molecule has 2 unspecified atom stereocenters. The van der Waals surface area contributed by atoms with Crippen molar-refractivity contribution in [3.05, 3.63) is 34.3 Å². The first kappa shape index (κ1) is 13.1. The van der Waals surface area contributed by atoms with Crippen LogP contribution in [0.1, 0.15) is 22.0 Å². The Morgan fingerprint density at radius 2 is 2.19 bits per heavy atom. The molecule has 1 aromatic carbocycles. The topological polar surface area (TPSA) is 69.6 Å². The fourth-order valence-corrected chi connectivity index (χ4v) is 1.78. The third-order valence-electron chi connectivity index (χ3n) is 2.29. The summed E-state index contributed by atoms with van der Waals surface area (Å²) in [6.45, 7) is 0.213. The highest BCUT2D eigenvalue weighted by molar-refractivity contribution is 6.31. The van der Waals surface area contributed by atoms with Gasteiger partial charge in [0.05, 0.1) is 6.10 Å². The molecule has 88 valence electrons. The Hall–Kier alpha value is -0.940.